The van der Waals surface area contributed by atoms with Crippen LogP contribution in [0.25, 0.3) is 0 Å². The fourth-order valence-electron chi connectivity index (χ4n) is 5.12. The predicted octanol–water partition coefficient (Wildman–Crippen LogP) is 7.56. The lowest BCUT2D eigenvalue weighted by Gasteiger charge is -2.43. The van der Waals surface area contributed by atoms with E-state index >= 15 is 0 Å². The number of hydrogen-bond acceptors (Lipinski definition) is 0. The summed E-state index contributed by atoms with van der Waals surface area (Å²) in [5.41, 5.74) is 3.25. The molecule has 1 aromatic carbocycles. The Labute approximate surface area is 161 Å². The van der Waals surface area contributed by atoms with Crippen LogP contribution in [0.15, 0.2) is 60.7 Å². The Kier molecular flexibility index (Phi) is 6.94. The molecular weight excluding hydrogens is 312 g/mol. The molecule has 0 nitrogen and oxygen atoms in total. The first kappa shape index (κ1) is 19.2. The third-order valence-corrected chi connectivity index (χ3v) is 6.68. The van der Waals surface area contributed by atoms with Crippen LogP contribution in [0.5, 0.6) is 0 Å². The van der Waals surface area contributed by atoms with Crippen LogP contribution < -0.4 is 0 Å². The van der Waals surface area contributed by atoms with Crippen molar-refractivity contribution in [1.82, 2.24) is 0 Å². The SMILES string of the molecule is CC=CCC[C@H]1CC[C@H](C2(c3ccc(CCC)cc3)C=CC=CC2)CC1. The van der Waals surface area contributed by atoms with Crippen molar-refractivity contribution < 1.29 is 0 Å². The van der Waals surface area contributed by atoms with Gasteiger partial charge in [-0.1, -0.05) is 86.9 Å². The molecule has 26 heavy (non-hydrogen) atoms. The summed E-state index contributed by atoms with van der Waals surface area (Å²) in [7, 11) is 0. The molecule has 0 heteroatoms. The zero-order valence-electron chi connectivity index (χ0n) is 16.8. The van der Waals surface area contributed by atoms with Crippen LogP contribution in [-0.4, -0.2) is 0 Å². The molecule has 0 spiro atoms. The van der Waals surface area contributed by atoms with Crippen molar-refractivity contribution in [3.63, 3.8) is 0 Å². The summed E-state index contributed by atoms with van der Waals surface area (Å²) in [4.78, 5) is 0. The molecule has 1 aromatic rings. The minimum Gasteiger partial charge on any atom is -0.0917 e. The Morgan fingerprint density at radius 3 is 2.42 bits per heavy atom. The fourth-order valence-corrected chi connectivity index (χ4v) is 5.12. The monoisotopic (exact) mass is 348 g/mol. The molecule has 1 unspecified atom stereocenters. The zero-order chi connectivity index (χ0) is 18.2. The third-order valence-electron chi connectivity index (χ3n) is 6.68. The van der Waals surface area contributed by atoms with E-state index in [1.165, 1.54) is 68.9 Å². The minimum atomic E-state index is 0.230. The molecule has 1 atom stereocenters. The van der Waals surface area contributed by atoms with Gasteiger partial charge in [-0.25, -0.2) is 0 Å². The summed E-state index contributed by atoms with van der Waals surface area (Å²) >= 11 is 0. The van der Waals surface area contributed by atoms with Gasteiger partial charge in [-0.2, -0.15) is 0 Å². The molecule has 1 fully saturated rings. The maximum Gasteiger partial charge on any atom is 0.0198 e. The summed E-state index contributed by atoms with van der Waals surface area (Å²) in [5, 5.41) is 0. The summed E-state index contributed by atoms with van der Waals surface area (Å²) in [6.07, 6.45) is 25.8. The van der Waals surface area contributed by atoms with Crippen LogP contribution in [0.4, 0.5) is 0 Å². The van der Waals surface area contributed by atoms with E-state index < -0.39 is 0 Å². The third kappa shape index (κ3) is 4.40. The first-order chi connectivity index (χ1) is 12.8. The van der Waals surface area contributed by atoms with Crippen molar-refractivity contribution in [1.29, 1.82) is 0 Å². The molecule has 140 valence electrons. The normalized spacial score (nSPS) is 28.7. The van der Waals surface area contributed by atoms with Crippen molar-refractivity contribution in [3.8, 4) is 0 Å². The Hall–Kier alpha value is -1.56. The van der Waals surface area contributed by atoms with Crippen molar-refractivity contribution in [2.45, 2.75) is 77.0 Å². The van der Waals surface area contributed by atoms with Gasteiger partial charge in [-0.05, 0) is 68.4 Å². The minimum absolute atomic E-state index is 0.230. The van der Waals surface area contributed by atoms with Crippen LogP contribution in [-0.2, 0) is 11.8 Å². The van der Waals surface area contributed by atoms with E-state index in [-0.39, 0.29) is 5.41 Å². The van der Waals surface area contributed by atoms with Gasteiger partial charge in [-0.15, -0.1) is 0 Å². The molecule has 0 heterocycles. The molecule has 0 radical (unpaired) electrons. The number of allylic oxidation sites excluding steroid dienone is 6. The highest BCUT2D eigenvalue weighted by atomic mass is 14.4. The second kappa shape index (κ2) is 9.40. The molecule has 0 saturated heterocycles. The van der Waals surface area contributed by atoms with Gasteiger partial charge < -0.3 is 0 Å². The molecule has 2 aliphatic rings. The zero-order valence-corrected chi connectivity index (χ0v) is 16.8. The standard InChI is InChI=1S/C26H36/c1-3-5-7-11-23-14-18-25(19-15-23)26(20-8-6-9-21-26)24-16-12-22(10-4-2)13-17-24/h3,5-6,8-9,12-13,16-17,20,23,25H,4,7,10-11,14-15,18-19,21H2,1-2H3/t23-,25-,26?. The van der Waals surface area contributed by atoms with E-state index in [1.807, 2.05) is 0 Å². The maximum atomic E-state index is 2.52. The lowest BCUT2D eigenvalue weighted by molar-refractivity contribution is 0.195. The highest BCUT2D eigenvalue weighted by Crippen LogP contribution is 2.47. The number of hydrogen-bond donors (Lipinski definition) is 0. The van der Waals surface area contributed by atoms with E-state index in [9.17, 15) is 0 Å². The van der Waals surface area contributed by atoms with Crippen LogP contribution in [0.2, 0.25) is 0 Å². The second-order valence-corrected chi connectivity index (χ2v) is 8.34. The Bertz CT molecular complexity index is 623. The van der Waals surface area contributed by atoms with Crippen molar-refractivity contribution >= 4 is 0 Å². The average Bonchev–Trinajstić information content (AvgIpc) is 2.70. The molecule has 1 saturated carbocycles. The Balaban J connectivity index is 1.72. The smallest absolute Gasteiger partial charge is 0.0198 e. The molecule has 0 aliphatic heterocycles. The number of rotatable bonds is 7. The van der Waals surface area contributed by atoms with Crippen molar-refractivity contribution in [2.75, 3.05) is 0 Å². The molecule has 0 bridgehead atoms. The van der Waals surface area contributed by atoms with Gasteiger partial charge in [0.15, 0.2) is 0 Å². The second-order valence-electron chi connectivity index (χ2n) is 8.34. The molecule has 0 N–H and O–H groups in total. The number of benzene rings is 1. The number of aryl methyl sites for hydroxylation is 1. The molecular formula is C26H36. The van der Waals surface area contributed by atoms with Gasteiger partial charge >= 0.3 is 0 Å². The van der Waals surface area contributed by atoms with Crippen LogP contribution in [0.1, 0.15) is 76.3 Å². The fraction of sp³-hybridized carbons (Fsp3) is 0.538. The predicted molar refractivity (Wildman–Crippen MR) is 115 cm³/mol. The maximum absolute atomic E-state index is 2.52. The lowest BCUT2D eigenvalue weighted by Crippen LogP contribution is -2.36. The Morgan fingerprint density at radius 1 is 1.04 bits per heavy atom. The largest absolute Gasteiger partial charge is 0.0917 e. The first-order valence-electron chi connectivity index (χ1n) is 10.8. The average molecular weight is 349 g/mol. The van der Waals surface area contributed by atoms with Crippen LogP contribution >= 0.6 is 0 Å². The van der Waals surface area contributed by atoms with E-state index in [4.69, 9.17) is 0 Å². The molecule has 3 rings (SSSR count). The molecule has 0 amide bonds. The van der Waals surface area contributed by atoms with Gasteiger partial charge in [0.25, 0.3) is 0 Å². The highest BCUT2D eigenvalue weighted by Gasteiger charge is 2.39. The topological polar surface area (TPSA) is 0 Å². The highest BCUT2D eigenvalue weighted by molar-refractivity contribution is 5.38. The summed E-state index contributed by atoms with van der Waals surface area (Å²) in [6, 6.07) is 9.59. The van der Waals surface area contributed by atoms with E-state index in [2.05, 4.69) is 74.6 Å². The van der Waals surface area contributed by atoms with Gasteiger partial charge in [0.1, 0.15) is 0 Å². The molecule has 2 aliphatic carbocycles. The van der Waals surface area contributed by atoms with Gasteiger partial charge in [0.2, 0.25) is 0 Å². The van der Waals surface area contributed by atoms with E-state index in [0.717, 1.165) is 11.8 Å². The lowest BCUT2D eigenvalue weighted by atomic mass is 9.61. The van der Waals surface area contributed by atoms with Crippen molar-refractivity contribution in [2.24, 2.45) is 11.8 Å². The molecule has 0 aromatic heterocycles. The first-order valence-corrected chi connectivity index (χ1v) is 10.8. The quantitative estimate of drug-likeness (QED) is 0.446. The van der Waals surface area contributed by atoms with Gasteiger partial charge in [0, 0.05) is 5.41 Å². The van der Waals surface area contributed by atoms with E-state index in [1.54, 1.807) is 0 Å². The Morgan fingerprint density at radius 2 is 1.81 bits per heavy atom. The van der Waals surface area contributed by atoms with Crippen LogP contribution in [0, 0.1) is 11.8 Å². The van der Waals surface area contributed by atoms with E-state index in [0.29, 0.717) is 0 Å². The summed E-state index contributed by atoms with van der Waals surface area (Å²) < 4.78 is 0. The van der Waals surface area contributed by atoms with Gasteiger partial charge in [0.05, 0.1) is 0 Å². The summed E-state index contributed by atoms with van der Waals surface area (Å²) in [5.74, 6) is 1.73. The summed E-state index contributed by atoms with van der Waals surface area (Å²) in [6.45, 7) is 4.40. The van der Waals surface area contributed by atoms with Crippen molar-refractivity contribution in [3.05, 3.63) is 71.8 Å². The van der Waals surface area contributed by atoms with Gasteiger partial charge in [-0.3, -0.25) is 0 Å². The van der Waals surface area contributed by atoms with Crippen LogP contribution in [0.3, 0.4) is 0 Å².